The van der Waals surface area contributed by atoms with Crippen LogP contribution in [0.15, 0.2) is 18.2 Å². The van der Waals surface area contributed by atoms with Crippen molar-refractivity contribution >= 4 is 5.91 Å². The molecule has 106 valence electrons. The van der Waals surface area contributed by atoms with E-state index in [2.05, 4.69) is 5.32 Å². The minimum atomic E-state index is -0.526. The molecule has 0 aromatic heterocycles. The van der Waals surface area contributed by atoms with Gasteiger partial charge in [-0.15, -0.1) is 0 Å². The Hall–Kier alpha value is -1.42. The summed E-state index contributed by atoms with van der Waals surface area (Å²) in [6.07, 6.45) is 0.675. The monoisotopic (exact) mass is 266 g/mol. The number of rotatable bonds is 4. The summed E-state index contributed by atoms with van der Waals surface area (Å²) in [5.41, 5.74) is 7.54. The zero-order valence-corrected chi connectivity index (χ0v) is 12.1. The van der Waals surface area contributed by atoms with Crippen LogP contribution >= 0.6 is 0 Å². The number of nitrogens with one attached hydrogen (secondary N) is 1. The van der Waals surface area contributed by atoms with Gasteiger partial charge < -0.3 is 11.1 Å². The number of hydrogen-bond donors (Lipinski definition) is 2. The van der Waals surface area contributed by atoms with Gasteiger partial charge in [-0.2, -0.15) is 0 Å². The molecule has 4 heteroatoms. The second-order valence-electron chi connectivity index (χ2n) is 5.96. The number of carbonyl (C=O) groups is 1. The number of halogens is 1. The zero-order chi connectivity index (χ0) is 14.6. The van der Waals surface area contributed by atoms with Crippen LogP contribution in [0.4, 0.5) is 4.39 Å². The SMILES string of the molecule is Cc1cc(F)ccc1CCNC(=O)[C@@H](N)C(C)(C)C. The van der Waals surface area contributed by atoms with Gasteiger partial charge in [0, 0.05) is 6.54 Å². The number of hydrogen-bond acceptors (Lipinski definition) is 2. The highest BCUT2D eigenvalue weighted by atomic mass is 19.1. The van der Waals surface area contributed by atoms with E-state index < -0.39 is 6.04 Å². The molecule has 3 N–H and O–H groups in total. The molecule has 19 heavy (non-hydrogen) atoms. The number of carbonyl (C=O) groups excluding carboxylic acids is 1. The largest absolute Gasteiger partial charge is 0.354 e. The second kappa shape index (κ2) is 6.15. The maximum atomic E-state index is 12.9. The molecule has 3 nitrogen and oxygen atoms in total. The molecule has 1 aromatic carbocycles. The van der Waals surface area contributed by atoms with Crippen LogP contribution in [0.5, 0.6) is 0 Å². The first kappa shape index (κ1) is 15.6. The fraction of sp³-hybridized carbons (Fsp3) is 0.533. The molecule has 0 saturated carbocycles. The maximum Gasteiger partial charge on any atom is 0.237 e. The third-order valence-electron chi connectivity index (χ3n) is 3.21. The number of aryl methyl sites for hydroxylation is 1. The highest BCUT2D eigenvalue weighted by molar-refractivity contribution is 5.82. The molecular weight excluding hydrogens is 243 g/mol. The molecule has 0 aliphatic heterocycles. The molecular formula is C15H23FN2O. The van der Waals surface area contributed by atoms with Crippen LogP contribution in [-0.4, -0.2) is 18.5 Å². The first-order valence-electron chi connectivity index (χ1n) is 6.50. The highest BCUT2D eigenvalue weighted by Crippen LogP contribution is 2.17. The van der Waals surface area contributed by atoms with Crippen molar-refractivity contribution in [2.75, 3.05) is 6.54 Å². The van der Waals surface area contributed by atoms with E-state index in [1.807, 2.05) is 27.7 Å². The lowest BCUT2D eigenvalue weighted by atomic mass is 9.87. The molecule has 0 saturated heterocycles. The van der Waals surface area contributed by atoms with E-state index in [0.717, 1.165) is 11.1 Å². The lowest BCUT2D eigenvalue weighted by Crippen LogP contribution is -2.49. The first-order valence-corrected chi connectivity index (χ1v) is 6.50. The molecule has 0 aliphatic carbocycles. The molecule has 0 bridgehead atoms. The third-order valence-corrected chi connectivity index (χ3v) is 3.21. The van der Waals surface area contributed by atoms with Crippen molar-refractivity contribution in [3.8, 4) is 0 Å². The molecule has 0 radical (unpaired) electrons. The molecule has 1 aromatic rings. The molecule has 0 fully saturated rings. The fourth-order valence-electron chi connectivity index (χ4n) is 1.76. The maximum absolute atomic E-state index is 12.9. The Balaban J connectivity index is 2.48. The minimum absolute atomic E-state index is 0.146. The molecule has 0 heterocycles. The van der Waals surface area contributed by atoms with Crippen molar-refractivity contribution in [3.05, 3.63) is 35.1 Å². The zero-order valence-electron chi connectivity index (χ0n) is 12.1. The van der Waals surface area contributed by atoms with Gasteiger partial charge in [0.15, 0.2) is 0 Å². The van der Waals surface area contributed by atoms with Crippen molar-refractivity contribution < 1.29 is 9.18 Å². The van der Waals surface area contributed by atoms with E-state index in [0.29, 0.717) is 13.0 Å². The summed E-state index contributed by atoms with van der Waals surface area (Å²) in [5, 5.41) is 2.82. The van der Waals surface area contributed by atoms with Gasteiger partial charge in [0.05, 0.1) is 6.04 Å². The van der Waals surface area contributed by atoms with Gasteiger partial charge in [0.2, 0.25) is 5.91 Å². The smallest absolute Gasteiger partial charge is 0.237 e. The van der Waals surface area contributed by atoms with Crippen molar-refractivity contribution in [2.45, 2.75) is 40.2 Å². The minimum Gasteiger partial charge on any atom is -0.354 e. The van der Waals surface area contributed by atoms with Crippen molar-refractivity contribution in [1.29, 1.82) is 0 Å². The number of amides is 1. The summed E-state index contributed by atoms with van der Waals surface area (Å²) in [7, 11) is 0. The van der Waals surface area contributed by atoms with Crippen LogP contribution in [-0.2, 0) is 11.2 Å². The average Bonchev–Trinajstić information content (AvgIpc) is 2.29. The second-order valence-corrected chi connectivity index (χ2v) is 5.96. The number of benzene rings is 1. The van der Waals surface area contributed by atoms with Crippen LogP contribution in [0.3, 0.4) is 0 Å². The predicted molar refractivity (Wildman–Crippen MR) is 75.3 cm³/mol. The summed E-state index contributed by atoms with van der Waals surface area (Å²) in [6.45, 7) is 8.17. The van der Waals surface area contributed by atoms with E-state index >= 15 is 0 Å². The molecule has 0 aliphatic rings. The average molecular weight is 266 g/mol. The molecule has 1 rings (SSSR count). The van der Waals surface area contributed by atoms with Gasteiger partial charge in [0.25, 0.3) is 0 Å². The highest BCUT2D eigenvalue weighted by Gasteiger charge is 2.26. The van der Waals surface area contributed by atoms with Crippen LogP contribution in [0.1, 0.15) is 31.9 Å². The molecule has 1 atom stereocenters. The van der Waals surface area contributed by atoms with Gasteiger partial charge in [-0.05, 0) is 42.0 Å². The Morgan fingerprint density at radius 1 is 1.42 bits per heavy atom. The van der Waals surface area contributed by atoms with Gasteiger partial charge in [-0.1, -0.05) is 26.8 Å². The molecule has 0 unspecified atom stereocenters. The van der Waals surface area contributed by atoms with E-state index in [4.69, 9.17) is 5.73 Å². The van der Waals surface area contributed by atoms with Crippen LogP contribution in [0.2, 0.25) is 0 Å². The van der Waals surface area contributed by atoms with Crippen molar-refractivity contribution in [2.24, 2.45) is 11.1 Å². The van der Waals surface area contributed by atoms with E-state index in [-0.39, 0.29) is 17.1 Å². The van der Waals surface area contributed by atoms with Crippen LogP contribution in [0.25, 0.3) is 0 Å². The van der Waals surface area contributed by atoms with E-state index in [9.17, 15) is 9.18 Å². The van der Waals surface area contributed by atoms with Crippen LogP contribution < -0.4 is 11.1 Å². The van der Waals surface area contributed by atoms with Gasteiger partial charge in [-0.3, -0.25) is 4.79 Å². The van der Waals surface area contributed by atoms with Gasteiger partial charge in [-0.25, -0.2) is 4.39 Å². The summed E-state index contributed by atoms with van der Waals surface area (Å²) in [5.74, 6) is -0.382. The quantitative estimate of drug-likeness (QED) is 0.877. The Morgan fingerprint density at radius 2 is 2.05 bits per heavy atom. The summed E-state index contributed by atoms with van der Waals surface area (Å²) >= 11 is 0. The topological polar surface area (TPSA) is 55.1 Å². The Morgan fingerprint density at radius 3 is 2.58 bits per heavy atom. The van der Waals surface area contributed by atoms with Gasteiger partial charge >= 0.3 is 0 Å². The fourth-order valence-corrected chi connectivity index (χ4v) is 1.76. The first-order chi connectivity index (χ1) is 8.71. The standard InChI is InChI=1S/C15H23FN2O/c1-10-9-12(16)6-5-11(10)7-8-18-14(19)13(17)15(2,3)4/h5-6,9,13H,7-8,17H2,1-4H3,(H,18,19)/t13-/m1/s1. The van der Waals surface area contributed by atoms with Gasteiger partial charge in [0.1, 0.15) is 5.82 Å². The predicted octanol–water partition coefficient (Wildman–Crippen LogP) is 2.17. The lowest BCUT2D eigenvalue weighted by Gasteiger charge is -2.25. The Kier molecular flexibility index (Phi) is 5.06. The van der Waals surface area contributed by atoms with E-state index in [1.165, 1.54) is 12.1 Å². The molecule has 1 amide bonds. The summed E-state index contributed by atoms with van der Waals surface area (Å²) < 4.78 is 12.9. The van der Waals surface area contributed by atoms with E-state index in [1.54, 1.807) is 6.07 Å². The Bertz CT molecular complexity index is 452. The van der Waals surface area contributed by atoms with Crippen molar-refractivity contribution in [1.82, 2.24) is 5.32 Å². The summed E-state index contributed by atoms with van der Waals surface area (Å²) in [6, 6.07) is 4.16. The van der Waals surface area contributed by atoms with Crippen molar-refractivity contribution in [3.63, 3.8) is 0 Å². The molecule has 0 spiro atoms. The van der Waals surface area contributed by atoms with Crippen LogP contribution in [0, 0.1) is 18.2 Å². The summed E-state index contributed by atoms with van der Waals surface area (Å²) in [4.78, 5) is 11.8. The lowest BCUT2D eigenvalue weighted by molar-refractivity contribution is -0.124. The third kappa shape index (κ3) is 4.63. The number of nitrogens with two attached hydrogens (primary N) is 1. The normalized spacial score (nSPS) is 13.2. The Labute approximate surface area is 114 Å².